The SMILES string of the molecule is CCCN1C(=O)c2c(C(=O)NCCc3ccc(Cl)cc3)ncn2C[C@@]1(C)C(=O)NCc1ccc(F)cc1. The zero-order valence-corrected chi connectivity index (χ0v) is 21.5. The number of hydrogen-bond acceptors (Lipinski definition) is 4. The summed E-state index contributed by atoms with van der Waals surface area (Å²) in [5, 5.41) is 6.34. The van der Waals surface area contributed by atoms with E-state index in [-0.39, 0.29) is 36.2 Å². The predicted molar refractivity (Wildman–Crippen MR) is 138 cm³/mol. The zero-order valence-electron chi connectivity index (χ0n) is 20.8. The average Bonchev–Trinajstić information content (AvgIpc) is 3.31. The largest absolute Gasteiger partial charge is 0.350 e. The fourth-order valence-electron chi connectivity index (χ4n) is 4.46. The fraction of sp³-hybridized carbons (Fsp3) is 0.333. The van der Waals surface area contributed by atoms with Gasteiger partial charge in [-0.1, -0.05) is 42.8 Å². The summed E-state index contributed by atoms with van der Waals surface area (Å²) in [5.74, 6) is -1.57. The lowest BCUT2D eigenvalue weighted by Gasteiger charge is -2.43. The van der Waals surface area contributed by atoms with Gasteiger partial charge >= 0.3 is 0 Å². The van der Waals surface area contributed by atoms with Crippen LogP contribution in [0, 0.1) is 5.82 Å². The lowest BCUT2D eigenvalue weighted by molar-refractivity contribution is -0.133. The number of carbonyl (C=O) groups excluding carboxylic acids is 3. The lowest BCUT2D eigenvalue weighted by atomic mass is 9.94. The van der Waals surface area contributed by atoms with Gasteiger partial charge in [-0.3, -0.25) is 14.4 Å². The highest BCUT2D eigenvalue weighted by atomic mass is 35.5. The second-order valence-corrected chi connectivity index (χ2v) is 9.68. The van der Waals surface area contributed by atoms with Crippen LogP contribution in [0.5, 0.6) is 0 Å². The molecule has 3 amide bonds. The maximum Gasteiger partial charge on any atom is 0.273 e. The van der Waals surface area contributed by atoms with Gasteiger partial charge in [-0.05, 0) is 55.2 Å². The van der Waals surface area contributed by atoms with Crippen LogP contribution >= 0.6 is 11.6 Å². The topological polar surface area (TPSA) is 96.3 Å². The highest BCUT2D eigenvalue weighted by molar-refractivity contribution is 6.30. The number of amides is 3. The van der Waals surface area contributed by atoms with Crippen LogP contribution in [0.1, 0.15) is 52.4 Å². The highest BCUT2D eigenvalue weighted by Gasteiger charge is 2.48. The van der Waals surface area contributed by atoms with E-state index < -0.39 is 17.4 Å². The molecule has 0 unspecified atom stereocenters. The first kappa shape index (κ1) is 26.3. The third-order valence-electron chi connectivity index (χ3n) is 6.49. The van der Waals surface area contributed by atoms with Crippen LogP contribution in [0.2, 0.25) is 5.02 Å². The number of hydrogen-bond donors (Lipinski definition) is 2. The number of halogens is 2. The van der Waals surface area contributed by atoms with E-state index in [0.29, 0.717) is 31.0 Å². The molecule has 1 aliphatic heterocycles. The molecule has 1 aliphatic rings. The Morgan fingerprint density at radius 2 is 1.76 bits per heavy atom. The standard InChI is InChI=1S/C27H29ClFN5O3/c1-3-14-34-25(36)23-22(24(35)30-13-12-18-4-8-20(28)9-5-18)32-17-33(23)16-27(34,2)26(37)31-15-19-6-10-21(29)11-7-19/h4-11,17H,3,12-16H2,1-2H3,(H,30,35)(H,31,37)/t27-/m0/s1. The molecule has 0 bridgehead atoms. The fourth-order valence-corrected chi connectivity index (χ4v) is 4.58. The number of fused-ring (bicyclic) bond motifs is 1. The van der Waals surface area contributed by atoms with Crippen molar-refractivity contribution < 1.29 is 18.8 Å². The second kappa shape index (κ2) is 11.1. The Kier molecular flexibility index (Phi) is 7.92. The third kappa shape index (κ3) is 5.67. The van der Waals surface area contributed by atoms with Crippen molar-refractivity contribution in [2.75, 3.05) is 13.1 Å². The Morgan fingerprint density at radius 3 is 2.43 bits per heavy atom. The van der Waals surface area contributed by atoms with E-state index in [0.717, 1.165) is 11.1 Å². The molecular formula is C27H29ClFN5O3. The van der Waals surface area contributed by atoms with E-state index in [1.165, 1.54) is 23.4 Å². The Labute approximate surface area is 219 Å². The smallest absolute Gasteiger partial charge is 0.273 e. The summed E-state index contributed by atoms with van der Waals surface area (Å²) in [6.45, 7) is 4.66. The summed E-state index contributed by atoms with van der Waals surface area (Å²) in [6, 6.07) is 13.2. The van der Waals surface area contributed by atoms with Gasteiger partial charge in [0.05, 0.1) is 12.9 Å². The quantitative estimate of drug-likeness (QED) is 0.446. The molecular weight excluding hydrogens is 497 g/mol. The summed E-state index contributed by atoms with van der Waals surface area (Å²) < 4.78 is 14.8. The van der Waals surface area contributed by atoms with Crippen molar-refractivity contribution >= 4 is 29.3 Å². The third-order valence-corrected chi connectivity index (χ3v) is 6.74. The number of benzene rings is 2. The molecule has 2 N–H and O–H groups in total. The summed E-state index contributed by atoms with van der Waals surface area (Å²) >= 11 is 5.92. The van der Waals surface area contributed by atoms with Crippen LogP contribution in [0.4, 0.5) is 4.39 Å². The Morgan fingerprint density at radius 1 is 1.08 bits per heavy atom. The maximum atomic E-state index is 13.6. The second-order valence-electron chi connectivity index (χ2n) is 9.24. The van der Waals surface area contributed by atoms with Crippen molar-refractivity contribution in [2.45, 2.75) is 45.3 Å². The summed E-state index contributed by atoms with van der Waals surface area (Å²) in [6.07, 6.45) is 2.65. The monoisotopic (exact) mass is 525 g/mol. The molecule has 0 aliphatic carbocycles. The molecule has 1 atom stereocenters. The number of rotatable bonds is 9. The van der Waals surface area contributed by atoms with E-state index in [2.05, 4.69) is 15.6 Å². The van der Waals surface area contributed by atoms with Crippen LogP contribution in [-0.2, 0) is 24.3 Å². The molecule has 10 heteroatoms. The summed E-state index contributed by atoms with van der Waals surface area (Å²) in [7, 11) is 0. The number of nitrogens with zero attached hydrogens (tertiary/aromatic N) is 3. The highest BCUT2D eigenvalue weighted by Crippen LogP contribution is 2.29. The summed E-state index contributed by atoms with van der Waals surface area (Å²) in [4.78, 5) is 45.6. The molecule has 0 saturated heterocycles. The minimum Gasteiger partial charge on any atom is -0.350 e. The minimum absolute atomic E-state index is 0.0379. The van der Waals surface area contributed by atoms with Crippen LogP contribution in [0.25, 0.3) is 0 Å². The number of imidazole rings is 1. The van der Waals surface area contributed by atoms with E-state index in [4.69, 9.17) is 11.6 Å². The van der Waals surface area contributed by atoms with Gasteiger partial charge in [0.15, 0.2) is 5.69 Å². The molecule has 37 heavy (non-hydrogen) atoms. The van der Waals surface area contributed by atoms with Crippen molar-refractivity contribution in [3.05, 3.63) is 88.2 Å². The van der Waals surface area contributed by atoms with Crippen LogP contribution < -0.4 is 10.6 Å². The van der Waals surface area contributed by atoms with Crippen LogP contribution in [0.15, 0.2) is 54.9 Å². The molecule has 2 aromatic carbocycles. The molecule has 0 saturated carbocycles. The Hall–Kier alpha value is -3.72. The molecule has 3 aromatic rings. The molecule has 1 aromatic heterocycles. The van der Waals surface area contributed by atoms with E-state index in [1.54, 1.807) is 35.8 Å². The van der Waals surface area contributed by atoms with Crippen molar-refractivity contribution in [2.24, 2.45) is 0 Å². The van der Waals surface area contributed by atoms with E-state index in [1.807, 2.05) is 19.1 Å². The van der Waals surface area contributed by atoms with Gasteiger partial charge in [0.25, 0.3) is 11.8 Å². The number of aromatic nitrogens is 2. The molecule has 0 radical (unpaired) electrons. The number of nitrogens with one attached hydrogen (secondary N) is 2. The van der Waals surface area contributed by atoms with Crippen molar-refractivity contribution in [3.63, 3.8) is 0 Å². The number of carbonyl (C=O) groups is 3. The molecule has 0 spiro atoms. The van der Waals surface area contributed by atoms with Crippen molar-refractivity contribution in [3.8, 4) is 0 Å². The zero-order chi connectivity index (χ0) is 26.6. The van der Waals surface area contributed by atoms with Gasteiger partial charge in [-0.2, -0.15) is 0 Å². The summed E-state index contributed by atoms with van der Waals surface area (Å²) in [5.41, 5.74) is 0.771. The molecule has 0 fully saturated rings. The lowest BCUT2D eigenvalue weighted by Crippen LogP contribution is -2.64. The van der Waals surface area contributed by atoms with E-state index in [9.17, 15) is 18.8 Å². The van der Waals surface area contributed by atoms with Gasteiger partial charge < -0.3 is 20.1 Å². The van der Waals surface area contributed by atoms with Crippen molar-refractivity contribution in [1.29, 1.82) is 0 Å². The first-order valence-electron chi connectivity index (χ1n) is 12.2. The van der Waals surface area contributed by atoms with Gasteiger partial charge in [-0.25, -0.2) is 9.37 Å². The molecule has 194 valence electrons. The van der Waals surface area contributed by atoms with Crippen LogP contribution in [-0.4, -0.2) is 50.8 Å². The Balaban J connectivity index is 1.48. The molecule has 2 heterocycles. The van der Waals surface area contributed by atoms with Gasteiger partial charge in [-0.15, -0.1) is 0 Å². The van der Waals surface area contributed by atoms with Crippen LogP contribution in [0.3, 0.4) is 0 Å². The van der Waals surface area contributed by atoms with Gasteiger partial charge in [0, 0.05) is 24.7 Å². The maximum absolute atomic E-state index is 13.6. The minimum atomic E-state index is -1.19. The molecule has 4 rings (SSSR count). The molecule has 8 nitrogen and oxygen atoms in total. The van der Waals surface area contributed by atoms with Gasteiger partial charge in [0.2, 0.25) is 5.91 Å². The Bertz CT molecular complexity index is 1290. The predicted octanol–water partition coefficient (Wildman–Crippen LogP) is 3.59. The normalized spacial score (nSPS) is 16.9. The first-order chi connectivity index (χ1) is 17.7. The van der Waals surface area contributed by atoms with Crippen molar-refractivity contribution in [1.82, 2.24) is 25.1 Å². The first-order valence-corrected chi connectivity index (χ1v) is 12.5. The van der Waals surface area contributed by atoms with Gasteiger partial charge in [0.1, 0.15) is 17.1 Å². The van der Waals surface area contributed by atoms with E-state index >= 15 is 0 Å². The average molecular weight is 526 g/mol.